The molecule has 0 unspecified atom stereocenters. The molecule has 3 heteroatoms. The molecule has 0 heterocycles. The Morgan fingerprint density at radius 3 is 2.38 bits per heavy atom. The van der Waals surface area contributed by atoms with Gasteiger partial charge in [0.25, 0.3) is 0 Å². The van der Waals surface area contributed by atoms with Gasteiger partial charge in [-0.1, -0.05) is 12.1 Å². The van der Waals surface area contributed by atoms with Crippen molar-refractivity contribution in [2.75, 3.05) is 5.73 Å². The second-order valence-electron chi connectivity index (χ2n) is 4.95. The minimum atomic E-state index is -0.240. The number of anilines is 1. The van der Waals surface area contributed by atoms with Crippen LogP contribution in [0.2, 0.25) is 0 Å². The molecule has 2 aliphatic carbocycles. The number of rotatable bonds is 3. The number of benzene rings is 1. The highest BCUT2D eigenvalue weighted by atomic mass is 16.2. The molecule has 3 N–H and O–H groups in total. The minimum absolute atomic E-state index is 0.208. The maximum absolute atomic E-state index is 12.1. The van der Waals surface area contributed by atoms with Crippen molar-refractivity contribution in [3.63, 3.8) is 0 Å². The number of hydrogen-bond donors (Lipinski definition) is 2. The molecule has 2 aliphatic rings. The molecule has 84 valence electrons. The summed E-state index contributed by atoms with van der Waals surface area (Å²) in [5.74, 6) is 0.208. The molecule has 1 aromatic carbocycles. The van der Waals surface area contributed by atoms with Gasteiger partial charge in [-0.2, -0.15) is 0 Å². The van der Waals surface area contributed by atoms with E-state index in [1.165, 1.54) is 0 Å². The van der Waals surface area contributed by atoms with Crippen LogP contribution in [0.3, 0.4) is 0 Å². The zero-order valence-electron chi connectivity index (χ0n) is 9.20. The van der Waals surface area contributed by atoms with Crippen LogP contribution in [0.5, 0.6) is 0 Å². The molecule has 2 fully saturated rings. The smallest absolute Gasteiger partial charge is 0.230 e. The molecule has 0 aromatic heterocycles. The van der Waals surface area contributed by atoms with Gasteiger partial charge in [0.2, 0.25) is 5.91 Å². The Kier molecular flexibility index (Phi) is 1.96. The summed E-state index contributed by atoms with van der Waals surface area (Å²) < 4.78 is 0. The molecule has 0 radical (unpaired) electrons. The van der Waals surface area contributed by atoms with E-state index in [1.54, 1.807) is 0 Å². The molecule has 1 amide bonds. The van der Waals surface area contributed by atoms with Gasteiger partial charge in [0.15, 0.2) is 0 Å². The topological polar surface area (TPSA) is 55.1 Å². The highest BCUT2D eigenvalue weighted by Crippen LogP contribution is 2.48. The number of nitrogens with one attached hydrogen (secondary N) is 1. The lowest BCUT2D eigenvalue weighted by atomic mass is 9.95. The van der Waals surface area contributed by atoms with Crippen molar-refractivity contribution in [1.82, 2.24) is 5.32 Å². The van der Waals surface area contributed by atoms with E-state index in [1.807, 2.05) is 24.3 Å². The van der Waals surface area contributed by atoms with Crippen molar-refractivity contribution < 1.29 is 4.79 Å². The van der Waals surface area contributed by atoms with Gasteiger partial charge < -0.3 is 11.1 Å². The summed E-state index contributed by atoms with van der Waals surface area (Å²) >= 11 is 0. The summed E-state index contributed by atoms with van der Waals surface area (Å²) in [5, 5.41) is 3.10. The molecule has 0 spiro atoms. The van der Waals surface area contributed by atoms with E-state index in [0.717, 1.165) is 36.9 Å². The third kappa shape index (κ3) is 1.56. The Bertz CT molecular complexity index is 416. The maximum Gasteiger partial charge on any atom is 0.230 e. The summed E-state index contributed by atoms with van der Waals surface area (Å²) in [6, 6.07) is 8.15. The fourth-order valence-electron chi connectivity index (χ4n) is 2.13. The van der Waals surface area contributed by atoms with E-state index in [0.29, 0.717) is 6.04 Å². The number of amides is 1. The second-order valence-corrected chi connectivity index (χ2v) is 4.95. The Hall–Kier alpha value is -1.51. The average molecular weight is 216 g/mol. The normalized spacial score (nSPS) is 21.5. The lowest BCUT2D eigenvalue weighted by molar-refractivity contribution is -0.123. The third-order valence-corrected chi connectivity index (χ3v) is 3.56. The summed E-state index contributed by atoms with van der Waals surface area (Å²) in [7, 11) is 0. The SMILES string of the molecule is Nc1ccc(C2(C(=O)NC3CC3)CC2)cc1. The predicted molar refractivity (Wildman–Crippen MR) is 62.9 cm³/mol. The molecular weight excluding hydrogens is 200 g/mol. The summed E-state index contributed by atoms with van der Waals surface area (Å²) in [6.45, 7) is 0. The van der Waals surface area contributed by atoms with Gasteiger partial charge in [0.1, 0.15) is 0 Å². The number of carbonyl (C=O) groups excluding carboxylic acids is 1. The van der Waals surface area contributed by atoms with Crippen LogP contribution in [-0.4, -0.2) is 11.9 Å². The van der Waals surface area contributed by atoms with E-state index >= 15 is 0 Å². The highest BCUT2D eigenvalue weighted by Gasteiger charge is 2.52. The second kappa shape index (κ2) is 3.24. The average Bonchev–Trinajstić information content (AvgIpc) is 3.13. The largest absolute Gasteiger partial charge is 0.399 e. The Morgan fingerprint density at radius 1 is 1.25 bits per heavy atom. The van der Waals surface area contributed by atoms with Crippen molar-refractivity contribution in [3.05, 3.63) is 29.8 Å². The van der Waals surface area contributed by atoms with E-state index in [9.17, 15) is 4.79 Å². The summed E-state index contributed by atoms with van der Waals surface area (Å²) in [4.78, 5) is 12.1. The molecule has 1 aromatic rings. The quantitative estimate of drug-likeness (QED) is 0.754. The van der Waals surface area contributed by atoms with Crippen molar-refractivity contribution in [1.29, 1.82) is 0 Å². The molecule has 2 saturated carbocycles. The van der Waals surface area contributed by atoms with E-state index in [2.05, 4.69) is 5.32 Å². The zero-order valence-corrected chi connectivity index (χ0v) is 9.20. The molecule has 0 atom stereocenters. The van der Waals surface area contributed by atoms with Crippen molar-refractivity contribution in [2.45, 2.75) is 37.1 Å². The first-order chi connectivity index (χ1) is 7.71. The lowest BCUT2D eigenvalue weighted by Gasteiger charge is -2.15. The molecule has 3 rings (SSSR count). The van der Waals surface area contributed by atoms with Gasteiger partial charge in [-0.25, -0.2) is 0 Å². The molecule has 0 aliphatic heterocycles. The van der Waals surface area contributed by atoms with E-state index in [-0.39, 0.29) is 11.3 Å². The first-order valence-electron chi connectivity index (χ1n) is 5.88. The molecule has 3 nitrogen and oxygen atoms in total. The van der Waals surface area contributed by atoms with Gasteiger partial charge >= 0.3 is 0 Å². The maximum atomic E-state index is 12.1. The Morgan fingerprint density at radius 2 is 1.88 bits per heavy atom. The van der Waals surface area contributed by atoms with Crippen LogP contribution < -0.4 is 11.1 Å². The van der Waals surface area contributed by atoms with E-state index < -0.39 is 0 Å². The Balaban J connectivity index is 1.81. The first-order valence-corrected chi connectivity index (χ1v) is 5.88. The molecule has 16 heavy (non-hydrogen) atoms. The number of hydrogen-bond acceptors (Lipinski definition) is 2. The highest BCUT2D eigenvalue weighted by molar-refractivity contribution is 5.91. The Labute approximate surface area is 95.0 Å². The summed E-state index contributed by atoms with van der Waals surface area (Å²) in [5.41, 5.74) is 7.28. The number of nitrogen functional groups attached to an aromatic ring is 1. The van der Waals surface area contributed by atoms with Gasteiger partial charge in [0, 0.05) is 11.7 Å². The zero-order chi connectivity index (χ0) is 11.2. The van der Waals surface area contributed by atoms with Gasteiger partial charge in [-0.15, -0.1) is 0 Å². The van der Waals surface area contributed by atoms with Crippen LogP contribution in [0.15, 0.2) is 24.3 Å². The van der Waals surface area contributed by atoms with Gasteiger partial charge in [-0.3, -0.25) is 4.79 Å². The third-order valence-electron chi connectivity index (χ3n) is 3.56. The van der Waals surface area contributed by atoms with Gasteiger partial charge in [-0.05, 0) is 43.4 Å². The van der Waals surface area contributed by atoms with Crippen LogP contribution in [-0.2, 0) is 10.2 Å². The van der Waals surface area contributed by atoms with Crippen molar-refractivity contribution >= 4 is 11.6 Å². The minimum Gasteiger partial charge on any atom is -0.399 e. The van der Waals surface area contributed by atoms with E-state index in [4.69, 9.17) is 5.73 Å². The van der Waals surface area contributed by atoms with Crippen molar-refractivity contribution in [3.8, 4) is 0 Å². The van der Waals surface area contributed by atoms with Crippen LogP contribution in [0.25, 0.3) is 0 Å². The molecular formula is C13H16N2O. The van der Waals surface area contributed by atoms with Crippen LogP contribution >= 0.6 is 0 Å². The van der Waals surface area contributed by atoms with Gasteiger partial charge in [0.05, 0.1) is 5.41 Å². The molecule has 0 bridgehead atoms. The first kappa shape index (κ1) is 9.70. The lowest BCUT2D eigenvalue weighted by Crippen LogP contribution is -2.36. The van der Waals surface area contributed by atoms with Crippen molar-refractivity contribution in [2.24, 2.45) is 0 Å². The number of nitrogens with two attached hydrogens (primary N) is 1. The van der Waals surface area contributed by atoms with Crippen LogP contribution in [0.4, 0.5) is 5.69 Å². The molecule has 0 saturated heterocycles. The predicted octanol–water partition coefficient (Wildman–Crippen LogP) is 1.58. The standard InChI is InChI=1S/C13H16N2O/c14-10-3-1-9(2-4-10)13(7-8-13)12(16)15-11-5-6-11/h1-4,11H,5-8,14H2,(H,15,16). The fourth-order valence-corrected chi connectivity index (χ4v) is 2.13. The van der Waals surface area contributed by atoms with Crippen LogP contribution in [0, 0.1) is 0 Å². The number of carbonyl (C=O) groups is 1. The summed E-state index contributed by atoms with van der Waals surface area (Å²) in [6.07, 6.45) is 4.22. The van der Waals surface area contributed by atoms with Crippen LogP contribution in [0.1, 0.15) is 31.2 Å². The monoisotopic (exact) mass is 216 g/mol. The fraction of sp³-hybridized carbons (Fsp3) is 0.462.